The lowest BCUT2D eigenvalue weighted by Crippen LogP contribution is -2.39. The second-order valence-electron chi connectivity index (χ2n) is 6.08. The van der Waals surface area contributed by atoms with Gasteiger partial charge in [-0.1, -0.05) is 0 Å². The van der Waals surface area contributed by atoms with E-state index >= 15 is 0 Å². The summed E-state index contributed by atoms with van der Waals surface area (Å²) in [4.78, 5) is 25.6. The van der Waals surface area contributed by atoms with Crippen molar-refractivity contribution in [3.63, 3.8) is 0 Å². The van der Waals surface area contributed by atoms with Gasteiger partial charge in [0.2, 0.25) is 5.88 Å². The number of ether oxygens (including phenoxy) is 1. The molecule has 150 valence electrons. The number of nitrogens with zero attached hydrogens (tertiary/aromatic N) is 1. The minimum Gasteiger partial charge on any atom is -0.467 e. The normalized spacial score (nSPS) is 20.0. The van der Waals surface area contributed by atoms with Gasteiger partial charge in [-0.25, -0.2) is 9.18 Å². The van der Waals surface area contributed by atoms with E-state index in [0.717, 1.165) is 0 Å². The third-order valence-corrected chi connectivity index (χ3v) is 3.97. The molecule has 0 saturated heterocycles. The van der Waals surface area contributed by atoms with Gasteiger partial charge in [-0.05, 0) is 31.7 Å². The Kier molecular flexibility index (Phi) is 6.28. The molecule has 1 aromatic heterocycles. The number of amides is 2. The molecule has 0 spiro atoms. The number of primary amides is 1. The van der Waals surface area contributed by atoms with E-state index in [4.69, 9.17) is 10.8 Å². The molecule has 8 nitrogen and oxygen atoms in total. The zero-order valence-electron chi connectivity index (χ0n) is 14.0. The maximum atomic E-state index is 14.2. The van der Waals surface area contributed by atoms with Crippen LogP contribution in [0.1, 0.15) is 36.0 Å². The summed E-state index contributed by atoms with van der Waals surface area (Å²) in [5.74, 6) is -3.23. The average Bonchev–Trinajstić information content (AvgIpc) is 2.55. The van der Waals surface area contributed by atoms with Crippen molar-refractivity contribution in [3.8, 4) is 5.88 Å². The Hall–Kier alpha value is -2.79. The van der Waals surface area contributed by atoms with Crippen molar-refractivity contribution in [2.24, 2.45) is 5.73 Å². The number of nitrogens with two attached hydrogens (primary N) is 1. The van der Waals surface area contributed by atoms with Crippen LogP contribution < -0.4 is 21.1 Å². The molecule has 2 rings (SSSR count). The Labute approximate surface area is 151 Å². The number of alkyl halides is 3. The van der Waals surface area contributed by atoms with Gasteiger partial charge in [0.15, 0.2) is 18.2 Å². The van der Waals surface area contributed by atoms with Crippen LogP contribution in [0.25, 0.3) is 0 Å². The summed E-state index contributed by atoms with van der Waals surface area (Å²) in [5, 5.41) is 13.8. The first kappa shape index (κ1) is 20.5. The number of aromatic nitrogens is 1. The fourth-order valence-corrected chi connectivity index (χ4v) is 2.76. The molecule has 1 aliphatic carbocycles. The van der Waals surface area contributed by atoms with E-state index in [9.17, 15) is 27.2 Å². The lowest BCUT2D eigenvalue weighted by Gasteiger charge is -2.29. The number of anilines is 1. The third-order valence-electron chi connectivity index (χ3n) is 3.97. The topological polar surface area (TPSA) is 127 Å². The Bertz CT molecular complexity index is 706. The van der Waals surface area contributed by atoms with Gasteiger partial charge in [0, 0.05) is 12.1 Å². The van der Waals surface area contributed by atoms with Gasteiger partial charge in [-0.15, -0.1) is 0 Å². The monoisotopic (exact) mass is 394 g/mol. The zero-order chi connectivity index (χ0) is 20.2. The molecule has 0 unspecified atom stereocenters. The highest BCUT2D eigenvalue weighted by atomic mass is 19.4. The van der Waals surface area contributed by atoms with Crippen LogP contribution in [-0.2, 0) is 0 Å². The molecule has 0 aromatic carbocycles. The summed E-state index contributed by atoms with van der Waals surface area (Å²) < 4.78 is 55.7. The first-order valence-electron chi connectivity index (χ1n) is 8.01. The number of nitrogens with one attached hydrogen (secondary N) is 2. The Morgan fingerprint density at radius 2 is 1.85 bits per heavy atom. The lowest BCUT2D eigenvalue weighted by molar-refractivity contribution is -0.154. The standard InChI is InChI=1S/C15H18F4N4O4/c16-10-5-9(11(20)24)13(27-6-15(17,18)19)23-12(10)21-7-1-3-8(4-2-7)22-14(25)26/h5,7-8,22H,1-4,6H2,(H2,20,24)(H,21,23)(H,25,26). The summed E-state index contributed by atoms with van der Waals surface area (Å²) in [6.45, 7) is -1.71. The van der Waals surface area contributed by atoms with E-state index in [-0.39, 0.29) is 17.9 Å². The van der Waals surface area contributed by atoms with E-state index in [2.05, 4.69) is 20.4 Å². The maximum Gasteiger partial charge on any atom is 0.422 e. The van der Waals surface area contributed by atoms with Crippen LogP contribution in [0.2, 0.25) is 0 Å². The van der Waals surface area contributed by atoms with E-state index in [0.29, 0.717) is 31.7 Å². The molecular weight excluding hydrogens is 376 g/mol. The fourth-order valence-electron chi connectivity index (χ4n) is 2.76. The number of carbonyl (C=O) groups excluding carboxylic acids is 1. The molecule has 5 N–H and O–H groups in total. The Morgan fingerprint density at radius 3 is 2.37 bits per heavy atom. The Morgan fingerprint density at radius 1 is 1.26 bits per heavy atom. The number of hydrogen-bond acceptors (Lipinski definition) is 5. The summed E-state index contributed by atoms with van der Waals surface area (Å²) >= 11 is 0. The van der Waals surface area contributed by atoms with Crippen molar-refractivity contribution in [2.45, 2.75) is 43.9 Å². The average molecular weight is 394 g/mol. The summed E-state index contributed by atoms with van der Waals surface area (Å²) in [7, 11) is 0. The Balaban J connectivity index is 2.10. The van der Waals surface area contributed by atoms with E-state index in [1.807, 2.05) is 0 Å². The molecule has 0 aliphatic heterocycles. The molecule has 0 radical (unpaired) electrons. The molecule has 27 heavy (non-hydrogen) atoms. The van der Waals surface area contributed by atoms with E-state index in [1.165, 1.54) is 0 Å². The maximum absolute atomic E-state index is 14.2. The third kappa shape index (κ3) is 6.15. The minimum absolute atomic E-state index is 0.221. The van der Waals surface area contributed by atoms with Gasteiger partial charge in [0.05, 0.1) is 0 Å². The molecule has 0 bridgehead atoms. The molecule has 0 atom stereocenters. The van der Waals surface area contributed by atoms with E-state index in [1.54, 1.807) is 0 Å². The number of pyridine rings is 1. The second-order valence-corrected chi connectivity index (χ2v) is 6.08. The minimum atomic E-state index is -4.67. The molecule has 1 heterocycles. The largest absolute Gasteiger partial charge is 0.467 e. The van der Waals surface area contributed by atoms with Crippen molar-refractivity contribution in [1.29, 1.82) is 0 Å². The SMILES string of the molecule is NC(=O)c1cc(F)c(NC2CCC(NC(=O)O)CC2)nc1OCC(F)(F)F. The molecule has 2 amide bonds. The van der Waals surface area contributed by atoms with Crippen LogP contribution >= 0.6 is 0 Å². The number of hydrogen-bond donors (Lipinski definition) is 4. The fraction of sp³-hybridized carbons (Fsp3) is 0.533. The van der Waals surface area contributed by atoms with Crippen LogP contribution in [0.4, 0.5) is 28.2 Å². The summed E-state index contributed by atoms with van der Waals surface area (Å²) in [6, 6.07) is 0.177. The second kappa shape index (κ2) is 8.27. The molecule has 1 aromatic rings. The zero-order valence-corrected chi connectivity index (χ0v) is 14.0. The van der Waals surface area contributed by atoms with Crippen LogP contribution in [-0.4, -0.2) is 47.0 Å². The lowest BCUT2D eigenvalue weighted by atomic mass is 9.91. The van der Waals surface area contributed by atoms with Gasteiger partial charge in [0.1, 0.15) is 5.56 Å². The van der Waals surface area contributed by atoms with Crippen molar-refractivity contribution in [1.82, 2.24) is 10.3 Å². The van der Waals surface area contributed by atoms with Crippen molar-refractivity contribution in [3.05, 3.63) is 17.4 Å². The van der Waals surface area contributed by atoms with Gasteiger partial charge >= 0.3 is 12.3 Å². The molecular formula is C15H18F4N4O4. The highest BCUT2D eigenvalue weighted by Gasteiger charge is 2.30. The quantitative estimate of drug-likeness (QED) is 0.548. The van der Waals surface area contributed by atoms with Crippen molar-refractivity contribution < 1.29 is 37.0 Å². The van der Waals surface area contributed by atoms with Crippen molar-refractivity contribution in [2.75, 3.05) is 11.9 Å². The number of rotatable bonds is 6. The molecule has 12 heteroatoms. The first-order chi connectivity index (χ1) is 12.5. The number of carboxylic acid groups (broad SMARTS) is 1. The molecule has 1 aliphatic rings. The number of halogens is 4. The summed E-state index contributed by atoms with van der Waals surface area (Å²) in [6.07, 6.45) is -3.82. The van der Waals surface area contributed by atoms with Gasteiger partial charge in [0.25, 0.3) is 5.91 Å². The van der Waals surface area contributed by atoms with Crippen LogP contribution in [0.3, 0.4) is 0 Å². The first-order valence-corrected chi connectivity index (χ1v) is 8.01. The highest BCUT2D eigenvalue weighted by Crippen LogP contribution is 2.27. The van der Waals surface area contributed by atoms with Gasteiger partial charge in [-0.2, -0.15) is 18.2 Å². The molecule has 1 saturated carbocycles. The number of carbonyl (C=O) groups is 2. The van der Waals surface area contributed by atoms with Crippen LogP contribution in [0.5, 0.6) is 5.88 Å². The van der Waals surface area contributed by atoms with Gasteiger partial charge < -0.3 is 26.2 Å². The summed E-state index contributed by atoms with van der Waals surface area (Å²) in [5.41, 5.74) is 4.43. The highest BCUT2D eigenvalue weighted by molar-refractivity contribution is 5.95. The predicted octanol–water partition coefficient (Wildman–Crippen LogP) is 2.25. The van der Waals surface area contributed by atoms with Crippen molar-refractivity contribution >= 4 is 17.8 Å². The van der Waals surface area contributed by atoms with E-state index < -0.39 is 42.0 Å². The molecule has 1 fully saturated rings. The van der Waals surface area contributed by atoms with Gasteiger partial charge in [-0.3, -0.25) is 4.79 Å². The van der Waals surface area contributed by atoms with Crippen LogP contribution in [0.15, 0.2) is 6.07 Å². The predicted molar refractivity (Wildman–Crippen MR) is 85.1 cm³/mol. The smallest absolute Gasteiger partial charge is 0.422 e. The van der Waals surface area contributed by atoms with Crippen LogP contribution in [0, 0.1) is 5.82 Å².